The van der Waals surface area contributed by atoms with Crippen molar-refractivity contribution >= 4 is 17.0 Å². The second-order valence-corrected chi connectivity index (χ2v) is 6.25. The van der Waals surface area contributed by atoms with E-state index in [1.807, 2.05) is 13.1 Å². The van der Waals surface area contributed by atoms with E-state index < -0.39 is 0 Å². The molecule has 2 heterocycles. The van der Waals surface area contributed by atoms with Crippen LogP contribution in [-0.4, -0.2) is 11.5 Å². The van der Waals surface area contributed by atoms with Crippen molar-refractivity contribution < 1.29 is 0 Å². The zero-order valence-corrected chi connectivity index (χ0v) is 12.0. The molecule has 3 rings (SSSR count). The molecule has 1 aliphatic rings. The molecule has 0 saturated carbocycles. The molecule has 19 heavy (non-hydrogen) atoms. The van der Waals surface area contributed by atoms with E-state index in [0.29, 0.717) is 0 Å². The maximum atomic E-state index is 4.28. The number of hydrogen-bond acceptors (Lipinski definition) is 4. The monoisotopic (exact) mass is 273 g/mol. The van der Waals surface area contributed by atoms with E-state index in [0.717, 1.165) is 24.6 Å². The zero-order chi connectivity index (χ0) is 13.1. The van der Waals surface area contributed by atoms with Gasteiger partial charge in [0.1, 0.15) is 0 Å². The highest BCUT2D eigenvalue weighted by Crippen LogP contribution is 2.26. The van der Waals surface area contributed by atoms with E-state index in [1.54, 1.807) is 11.3 Å². The van der Waals surface area contributed by atoms with Gasteiger partial charge in [-0.2, -0.15) is 0 Å². The Morgan fingerprint density at radius 1 is 1.37 bits per heavy atom. The van der Waals surface area contributed by atoms with Gasteiger partial charge in [-0.05, 0) is 30.9 Å². The largest absolute Gasteiger partial charge is 0.385 e. The molecule has 100 valence electrons. The predicted octanol–water partition coefficient (Wildman–Crippen LogP) is 3.10. The van der Waals surface area contributed by atoms with Crippen LogP contribution in [0.25, 0.3) is 0 Å². The summed E-state index contributed by atoms with van der Waals surface area (Å²) in [5.41, 5.74) is 4.18. The van der Waals surface area contributed by atoms with E-state index in [9.17, 15) is 0 Å². The third kappa shape index (κ3) is 2.96. The third-order valence-corrected chi connectivity index (χ3v) is 4.36. The van der Waals surface area contributed by atoms with Gasteiger partial charge in [0.15, 0.2) is 0 Å². The molecule has 0 spiro atoms. The highest BCUT2D eigenvalue weighted by Gasteiger charge is 2.11. The molecule has 0 amide bonds. The minimum atomic E-state index is 0.898. The summed E-state index contributed by atoms with van der Waals surface area (Å²) in [6.07, 6.45) is 4.40. The standard InChI is InChI=1S/C15H19N3S/c1-11-18-10-14(19-11)9-16-8-13-5-2-4-12-6-3-7-17-15(12)13/h2,4-5,10,16-17H,3,6-9H2,1H3. The maximum Gasteiger partial charge on any atom is 0.0897 e. The smallest absolute Gasteiger partial charge is 0.0897 e. The van der Waals surface area contributed by atoms with Crippen molar-refractivity contribution in [2.24, 2.45) is 0 Å². The van der Waals surface area contributed by atoms with Gasteiger partial charge in [0.2, 0.25) is 0 Å². The van der Waals surface area contributed by atoms with E-state index in [2.05, 4.69) is 33.8 Å². The number of aryl methyl sites for hydroxylation is 2. The van der Waals surface area contributed by atoms with Crippen LogP contribution in [0.5, 0.6) is 0 Å². The zero-order valence-electron chi connectivity index (χ0n) is 11.2. The lowest BCUT2D eigenvalue weighted by Crippen LogP contribution is -2.18. The van der Waals surface area contributed by atoms with Gasteiger partial charge < -0.3 is 10.6 Å². The Bertz CT molecular complexity index is 562. The highest BCUT2D eigenvalue weighted by atomic mass is 32.1. The fourth-order valence-corrected chi connectivity index (χ4v) is 3.30. The van der Waals surface area contributed by atoms with Crippen molar-refractivity contribution in [2.45, 2.75) is 32.9 Å². The number of nitrogens with zero attached hydrogens (tertiary/aromatic N) is 1. The minimum Gasteiger partial charge on any atom is -0.385 e. The van der Waals surface area contributed by atoms with Crippen LogP contribution in [0, 0.1) is 6.92 Å². The van der Waals surface area contributed by atoms with Gasteiger partial charge in [0, 0.05) is 36.4 Å². The van der Waals surface area contributed by atoms with Crippen molar-refractivity contribution in [1.29, 1.82) is 0 Å². The molecule has 1 aromatic carbocycles. The quantitative estimate of drug-likeness (QED) is 0.899. The molecule has 0 unspecified atom stereocenters. The number of hydrogen-bond donors (Lipinski definition) is 2. The number of aromatic nitrogens is 1. The van der Waals surface area contributed by atoms with Crippen LogP contribution in [0.1, 0.15) is 27.4 Å². The molecule has 0 bridgehead atoms. The highest BCUT2D eigenvalue weighted by molar-refractivity contribution is 7.11. The summed E-state index contributed by atoms with van der Waals surface area (Å²) in [6, 6.07) is 6.61. The number of rotatable bonds is 4. The summed E-state index contributed by atoms with van der Waals surface area (Å²) in [5, 5.41) is 8.18. The van der Waals surface area contributed by atoms with Crippen molar-refractivity contribution in [3.63, 3.8) is 0 Å². The fraction of sp³-hybridized carbons (Fsp3) is 0.400. The molecular formula is C15H19N3S. The number of anilines is 1. The minimum absolute atomic E-state index is 0.898. The number of fused-ring (bicyclic) bond motifs is 1. The van der Waals surface area contributed by atoms with Crippen LogP contribution in [0.15, 0.2) is 24.4 Å². The SMILES string of the molecule is Cc1ncc(CNCc2cccc3c2NCCC3)s1. The van der Waals surface area contributed by atoms with Gasteiger partial charge >= 0.3 is 0 Å². The molecule has 1 aliphatic heterocycles. The molecule has 3 nitrogen and oxygen atoms in total. The normalized spacial score (nSPS) is 13.9. The van der Waals surface area contributed by atoms with E-state index in [-0.39, 0.29) is 0 Å². The summed E-state index contributed by atoms with van der Waals surface area (Å²) in [4.78, 5) is 5.58. The predicted molar refractivity (Wildman–Crippen MR) is 80.6 cm³/mol. The molecule has 0 fully saturated rings. The van der Waals surface area contributed by atoms with Crippen molar-refractivity contribution in [1.82, 2.24) is 10.3 Å². The molecule has 1 aromatic heterocycles. The summed E-state index contributed by atoms with van der Waals surface area (Å²) < 4.78 is 0. The molecule has 4 heteroatoms. The van der Waals surface area contributed by atoms with E-state index in [4.69, 9.17) is 0 Å². The molecule has 0 atom stereocenters. The number of nitrogens with one attached hydrogen (secondary N) is 2. The van der Waals surface area contributed by atoms with Crippen LogP contribution in [0.4, 0.5) is 5.69 Å². The Morgan fingerprint density at radius 3 is 3.16 bits per heavy atom. The van der Waals surface area contributed by atoms with Gasteiger partial charge in [0.25, 0.3) is 0 Å². The first-order valence-electron chi connectivity index (χ1n) is 6.79. The van der Waals surface area contributed by atoms with E-state index in [1.165, 1.54) is 34.5 Å². The lowest BCUT2D eigenvalue weighted by Gasteiger charge is -2.21. The van der Waals surface area contributed by atoms with Crippen molar-refractivity contribution in [2.75, 3.05) is 11.9 Å². The van der Waals surface area contributed by atoms with Crippen LogP contribution >= 0.6 is 11.3 Å². The average Bonchev–Trinajstić information content (AvgIpc) is 2.85. The van der Waals surface area contributed by atoms with Crippen LogP contribution in [0.3, 0.4) is 0 Å². The van der Waals surface area contributed by atoms with Gasteiger partial charge in [-0.3, -0.25) is 0 Å². The van der Waals surface area contributed by atoms with Crippen LogP contribution in [-0.2, 0) is 19.5 Å². The number of para-hydroxylation sites is 1. The Labute approximate surface area is 118 Å². The van der Waals surface area contributed by atoms with Crippen molar-refractivity contribution in [3.05, 3.63) is 45.4 Å². The van der Waals surface area contributed by atoms with E-state index >= 15 is 0 Å². The van der Waals surface area contributed by atoms with Crippen LogP contribution < -0.4 is 10.6 Å². The Kier molecular flexibility index (Phi) is 3.80. The van der Waals surface area contributed by atoms with Gasteiger partial charge in [-0.1, -0.05) is 18.2 Å². The Hall–Kier alpha value is -1.39. The topological polar surface area (TPSA) is 37.0 Å². The summed E-state index contributed by atoms with van der Waals surface area (Å²) in [5.74, 6) is 0. The average molecular weight is 273 g/mol. The lowest BCUT2D eigenvalue weighted by atomic mass is 9.99. The Balaban J connectivity index is 1.64. The lowest BCUT2D eigenvalue weighted by molar-refractivity contribution is 0.696. The molecule has 0 radical (unpaired) electrons. The second-order valence-electron chi connectivity index (χ2n) is 4.93. The molecule has 2 aromatic rings. The van der Waals surface area contributed by atoms with Gasteiger partial charge in [-0.25, -0.2) is 4.98 Å². The maximum absolute atomic E-state index is 4.28. The van der Waals surface area contributed by atoms with Gasteiger partial charge in [-0.15, -0.1) is 11.3 Å². The summed E-state index contributed by atoms with van der Waals surface area (Å²) in [6.45, 7) is 4.95. The molecule has 2 N–H and O–H groups in total. The van der Waals surface area contributed by atoms with Crippen molar-refractivity contribution in [3.8, 4) is 0 Å². The third-order valence-electron chi connectivity index (χ3n) is 3.45. The first-order chi connectivity index (χ1) is 9.33. The first kappa shape index (κ1) is 12.6. The van der Waals surface area contributed by atoms with Crippen LogP contribution in [0.2, 0.25) is 0 Å². The molecule has 0 saturated heterocycles. The number of thiazole rings is 1. The molecular weight excluding hydrogens is 254 g/mol. The second kappa shape index (κ2) is 5.72. The molecule has 0 aliphatic carbocycles. The summed E-state index contributed by atoms with van der Waals surface area (Å²) in [7, 11) is 0. The fourth-order valence-electron chi connectivity index (χ4n) is 2.54. The van der Waals surface area contributed by atoms with Gasteiger partial charge in [0.05, 0.1) is 5.01 Å². The summed E-state index contributed by atoms with van der Waals surface area (Å²) >= 11 is 1.76. The Morgan fingerprint density at radius 2 is 2.32 bits per heavy atom. The number of benzene rings is 1. The first-order valence-corrected chi connectivity index (χ1v) is 7.61.